The highest BCUT2D eigenvalue weighted by Gasteiger charge is 2.28. The van der Waals surface area contributed by atoms with E-state index in [9.17, 15) is 13.2 Å². The van der Waals surface area contributed by atoms with Gasteiger partial charge in [0.2, 0.25) is 10.0 Å². The van der Waals surface area contributed by atoms with Gasteiger partial charge in [-0.3, -0.25) is 10.1 Å². The molecular weight excluding hydrogens is 430 g/mol. The molecule has 0 bridgehead atoms. The lowest BCUT2D eigenvalue weighted by Crippen LogP contribution is -2.37. The summed E-state index contributed by atoms with van der Waals surface area (Å²) in [5.41, 5.74) is 3.35. The Balaban J connectivity index is 1.43. The first-order valence-corrected chi connectivity index (χ1v) is 12.6. The van der Waals surface area contributed by atoms with Crippen LogP contribution < -0.4 is 5.32 Å². The third-order valence-electron chi connectivity index (χ3n) is 5.57. The summed E-state index contributed by atoms with van der Waals surface area (Å²) in [6.45, 7) is 5.25. The Labute approximate surface area is 187 Å². The molecule has 0 aliphatic carbocycles. The van der Waals surface area contributed by atoms with Crippen molar-refractivity contribution in [1.29, 1.82) is 0 Å². The van der Waals surface area contributed by atoms with Gasteiger partial charge >= 0.3 is 0 Å². The molecule has 0 radical (unpaired) electrons. The van der Waals surface area contributed by atoms with Crippen LogP contribution >= 0.6 is 11.3 Å². The molecule has 1 aliphatic rings. The monoisotopic (exact) mass is 455 g/mol. The number of aromatic nitrogens is 1. The smallest absolute Gasteiger partial charge is 0.257 e. The Kier molecular flexibility index (Phi) is 6.22. The number of sulfonamides is 1. The molecule has 3 aromatic rings. The van der Waals surface area contributed by atoms with E-state index in [1.165, 1.54) is 33.3 Å². The van der Waals surface area contributed by atoms with E-state index in [0.717, 1.165) is 24.1 Å². The topological polar surface area (TPSA) is 79.4 Å². The standard InChI is InChI=1S/C23H25N3O3S2/c1-16-3-5-18(6-4-16)21-15-30-23(24-21)25-22(27)19-7-9-20(10-8-19)31(28,29)26-13-11-17(2)12-14-26/h3-10,15,17H,11-14H2,1-2H3,(H,24,25,27). The molecule has 0 atom stereocenters. The maximum absolute atomic E-state index is 12.8. The zero-order valence-corrected chi connectivity index (χ0v) is 19.2. The molecule has 8 heteroatoms. The normalized spacial score (nSPS) is 15.7. The van der Waals surface area contributed by atoms with Crippen LogP contribution in [-0.4, -0.2) is 36.7 Å². The fourth-order valence-electron chi connectivity index (χ4n) is 3.51. The Hall–Kier alpha value is -2.55. The van der Waals surface area contributed by atoms with Crippen molar-refractivity contribution < 1.29 is 13.2 Å². The molecule has 31 heavy (non-hydrogen) atoms. The SMILES string of the molecule is Cc1ccc(-c2csc(NC(=O)c3ccc(S(=O)(=O)N4CCC(C)CC4)cc3)n2)cc1. The molecule has 1 amide bonds. The number of thiazole rings is 1. The first-order chi connectivity index (χ1) is 14.8. The molecule has 0 unspecified atom stereocenters. The second kappa shape index (κ2) is 8.90. The van der Waals surface area contributed by atoms with Gasteiger partial charge in [0.15, 0.2) is 5.13 Å². The fraction of sp³-hybridized carbons (Fsp3) is 0.304. The number of nitrogens with one attached hydrogen (secondary N) is 1. The number of benzene rings is 2. The van der Waals surface area contributed by atoms with Crippen LogP contribution in [0.4, 0.5) is 5.13 Å². The highest BCUT2D eigenvalue weighted by Crippen LogP contribution is 2.26. The fourth-order valence-corrected chi connectivity index (χ4v) is 5.69. The van der Waals surface area contributed by atoms with E-state index in [1.54, 1.807) is 12.1 Å². The number of rotatable bonds is 5. The Morgan fingerprint density at radius 3 is 2.35 bits per heavy atom. The molecule has 162 valence electrons. The summed E-state index contributed by atoms with van der Waals surface area (Å²) in [5, 5.41) is 5.19. The minimum Gasteiger partial charge on any atom is -0.298 e. The number of aryl methyl sites for hydroxylation is 1. The number of carbonyl (C=O) groups excluding carboxylic acids is 1. The molecule has 0 spiro atoms. The summed E-state index contributed by atoms with van der Waals surface area (Å²) in [6, 6.07) is 14.1. The van der Waals surface area contributed by atoms with Crippen molar-refractivity contribution >= 4 is 32.4 Å². The van der Waals surface area contributed by atoms with E-state index in [-0.39, 0.29) is 10.8 Å². The number of amides is 1. The third-order valence-corrected chi connectivity index (χ3v) is 8.24. The van der Waals surface area contributed by atoms with Gasteiger partial charge in [-0.2, -0.15) is 4.31 Å². The minimum absolute atomic E-state index is 0.217. The molecule has 4 rings (SSSR count). The van der Waals surface area contributed by atoms with Crippen molar-refractivity contribution in [2.24, 2.45) is 5.92 Å². The highest BCUT2D eigenvalue weighted by atomic mass is 32.2. The van der Waals surface area contributed by atoms with Gasteiger partial charge < -0.3 is 0 Å². The molecule has 1 saturated heterocycles. The molecule has 1 aliphatic heterocycles. The molecule has 1 aromatic heterocycles. The minimum atomic E-state index is -3.53. The second-order valence-electron chi connectivity index (χ2n) is 7.97. The number of piperidine rings is 1. The molecule has 1 fully saturated rings. The Morgan fingerprint density at radius 1 is 1.06 bits per heavy atom. The highest BCUT2D eigenvalue weighted by molar-refractivity contribution is 7.89. The van der Waals surface area contributed by atoms with E-state index in [4.69, 9.17) is 0 Å². The maximum Gasteiger partial charge on any atom is 0.257 e. The second-order valence-corrected chi connectivity index (χ2v) is 10.8. The van der Waals surface area contributed by atoms with Gasteiger partial charge in [-0.15, -0.1) is 11.3 Å². The Bertz CT molecular complexity index is 1160. The van der Waals surface area contributed by atoms with E-state index in [1.807, 2.05) is 36.6 Å². The van der Waals surface area contributed by atoms with Crippen molar-refractivity contribution in [3.63, 3.8) is 0 Å². The predicted molar refractivity (Wildman–Crippen MR) is 124 cm³/mol. The van der Waals surface area contributed by atoms with Crippen LogP contribution in [0.2, 0.25) is 0 Å². The molecule has 6 nitrogen and oxygen atoms in total. The summed E-state index contributed by atoms with van der Waals surface area (Å²) >= 11 is 1.35. The van der Waals surface area contributed by atoms with Gasteiger partial charge in [0, 0.05) is 29.6 Å². The zero-order chi connectivity index (χ0) is 22.0. The van der Waals surface area contributed by atoms with Crippen LogP contribution in [-0.2, 0) is 10.0 Å². The molecule has 0 saturated carbocycles. The largest absolute Gasteiger partial charge is 0.298 e. The van der Waals surface area contributed by atoms with Crippen LogP contribution in [0.25, 0.3) is 11.3 Å². The van der Waals surface area contributed by atoms with Crippen molar-refractivity contribution in [2.75, 3.05) is 18.4 Å². The van der Waals surface area contributed by atoms with Crippen LogP contribution in [0.3, 0.4) is 0 Å². The van der Waals surface area contributed by atoms with Gasteiger partial charge in [0.25, 0.3) is 5.91 Å². The van der Waals surface area contributed by atoms with Gasteiger partial charge in [0.1, 0.15) is 0 Å². The zero-order valence-electron chi connectivity index (χ0n) is 17.5. The summed E-state index contributed by atoms with van der Waals surface area (Å²) in [5.74, 6) is 0.232. The quantitative estimate of drug-likeness (QED) is 0.600. The summed E-state index contributed by atoms with van der Waals surface area (Å²) in [7, 11) is -3.53. The van der Waals surface area contributed by atoms with E-state index in [0.29, 0.717) is 29.7 Å². The maximum atomic E-state index is 12.8. The van der Waals surface area contributed by atoms with Crippen molar-refractivity contribution in [3.8, 4) is 11.3 Å². The van der Waals surface area contributed by atoms with E-state index in [2.05, 4.69) is 17.2 Å². The lowest BCUT2D eigenvalue weighted by Gasteiger charge is -2.29. The number of hydrogen-bond donors (Lipinski definition) is 1. The first kappa shape index (κ1) is 21.7. The van der Waals surface area contributed by atoms with Crippen LogP contribution in [0, 0.1) is 12.8 Å². The summed E-state index contributed by atoms with van der Waals surface area (Å²) in [6.07, 6.45) is 1.75. The average Bonchev–Trinajstić information content (AvgIpc) is 3.23. The molecule has 2 aromatic carbocycles. The van der Waals surface area contributed by atoms with Gasteiger partial charge in [-0.05, 0) is 49.9 Å². The predicted octanol–water partition coefficient (Wildman–Crippen LogP) is 4.79. The molecule has 1 N–H and O–H groups in total. The summed E-state index contributed by atoms with van der Waals surface area (Å²) < 4.78 is 27.2. The number of anilines is 1. The van der Waals surface area contributed by atoms with Gasteiger partial charge in [-0.25, -0.2) is 13.4 Å². The van der Waals surface area contributed by atoms with Crippen molar-refractivity contribution in [2.45, 2.75) is 31.6 Å². The van der Waals surface area contributed by atoms with Crippen LogP contribution in [0.15, 0.2) is 58.8 Å². The number of nitrogens with zero attached hydrogens (tertiary/aromatic N) is 2. The first-order valence-electron chi connectivity index (χ1n) is 10.3. The summed E-state index contributed by atoms with van der Waals surface area (Å²) in [4.78, 5) is 17.3. The molecular formula is C23H25N3O3S2. The Morgan fingerprint density at radius 2 is 1.71 bits per heavy atom. The third kappa shape index (κ3) is 4.87. The van der Waals surface area contributed by atoms with Gasteiger partial charge in [-0.1, -0.05) is 36.8 Å². The average molecular weight is 456 g/mol. The van der Waals surface area contributed by atoms with Crippen molar-refractivity contribution in [1.82, 2.24) is 9.29 Å². The lowest BCUT2D eigenvalue weighted by molar-refractivity contribution is 0.102. The van der Waals surface area contributed by atoms with E-state index >= 15 is 0 Å². The number of hydrogen-bond acceptors (Lipinski definition) is 5. The van der Waals surface area contributed by atoms with Crippen molar-refractivity contribution in [3.05, 3.63) is 65.0 Å². The number of carbonyl (C=O) groups is 1. The lowest BCUT2D eigenvalue weighted by atomic mass is 10.0. The van der Waals surface area contributed by atoms with Gasteiger partial charge in [0.05, 0.1) is 10.6 Å². The van der Waals surface area contributed by atoms with Crippen LogP contribution in [0.1, 0.15) is 35.7 Å². The van der Waals surface area contributed by atoms with Crippen LogP contribution in [0.5, 0.6) is 0 Å². The van der Waals surface area contributed by atoms with E-state index < -0.39 is 10.0 Å². The molecule has 2 heterocycles.